The molecule has 0 spiro atoms. The van der Waals surface area contributed by atoms with Crippen LogP contribution < -0.4 is 0 Å². The molecule has 0 aliphatic carbocycles. The number of hydrogen-bond acceptors (Lipinski definition) is 3. The molecule has 0 fully saturated rings. The number of carbonyl (C=O) groups is 1. The zero-order valence-electron chi connectivity index (χ0n) is 6.78. The molecule has 0 saturated carbocycles. The second kappa shape index (κ2) is 5.14. The standard InChI is InChI=1S/C8H5Cl2NO2S/c9-7-5(14-8(10)11-7)3-1-2-4-6(12)13/h1-4H,(H,12,13)/b3-1+,4-2+. The summed E-state index contributed by atoms with van der Waals surface area (Å²) in [5, 5.41) is 8.61. The van der Waals surface area contributed by atoms with E-state index < -0.39 is 5.97 Å². The van der Waals surface area contributed by atoms with E-state index in [-0.39, 0.29) is 0 Å². The second-order valence-electron chi connectivity index (χ2n) is 2.18. The maximum Gasteiger partial charge on any atom is 0.328 e. The van der Waals surface area contributed by atoms with E-state index in [2.05, 4.69) is 4.98 Å². The van der Waals surface area contributed by atoms with E-state index in [4.69, 9.17) is 28.3 Å². The molecular formula is C8H5Cl2NO2S. The largest absolute Gasteiger partial charge is 0.478 e. The summed E-state index contributed by atoms with van der Waals surface area (Å²) in [5.74, 6) is -0.997. The second-order valence-corrected chi connectivity index (χ2v) is 4.15. The highest BCUT2D eigenvalue weighted by Crippen LogP contribution is 2.27. The van der Waals surface area contributed by atoms with Crippen LogP contribution >= 0.6 is 34.5 Å². The van der Waals surface area contributed by atoms with Gasteiger partial charge in [-0.3, -0.25) is 0 Å². The Hall–Kier alpha value is -0.840. The lowest BCUT2D eigenvalue weighted by Gasteiger charge is -1.81. The number of aromatic nitrogens is 1. The molecular weight excluding hydrogens is 245 g/mol. The average Bonchev–Trinajstić information content (AvgIpc) is 2.39. The van der Waals surface area contributed by atoms with Gasteiger partial charge in [0.15, 0.2) is 4.47 Å². The number of halogens is 2. The molecule has 0 unspecified atom stereocenters. The van der Waals surface area contributed by atoms with E-state index in [0.717, 1.165) is 6.08 Å². The number of aliphatic carboxylic acids is 1. The first-order valence-electron chi connectivity index (χ1n) is 3.49. The number of carboxylic acids is 1. The quantitative estimate of drug-likeness (QED) is 0.662. The van der Waals surface area contributed by atoms with E-state index in [0.29, 0.717) is 14.5 Å². The highest BCUT2D eigenvalue weighted by Gasteiger charge is 2.02. The van der Waals surface area contributed by atoms with Gasteiger partial charge in [0.05, 0.1) is 4.88 Å². The maximum atomic E-state index is 10.1. The number of hydrogen-bond donors (Lipinski definition) is 1. The highest BCUT2D eigenvalue weighted by atomic mass is 35.5. The molecule has 1 aromatic rings. The fraction of sp³-hybridized carbons (Fsp3) is 0. The van der Waals surface area contributed by atoms with Gasteiger partial charge in [0.2, 0.25) is 0 Å². The molecule has 1 aromatic heterocycles. The highest BCUT2D eigenvalue weighted by molar-refractivity contribution is 7.17. The van der Waals surface area contributed by atoms with E-state index >= 15 is 0 Å². The smallest absolute Gasteiger partial charge is 0.328 e. The molecule has 1 heterocycles. The van der Waals surface area contributed by atoms with Crippen molar-refractivity contribution in [3.63, 3.8) is 0 Å². The van der Waals surface area contributed by atoms with Crippen molar-refractivity contribution in [3.8, 4) is 0 Å². The van der Waals surface area contributed by atoms with E-state index in [1.165, 1.54) is 17.4 Å². The summed E-state index contributed by atoms with van der Waals surface area (Å²) >= 11 is 12.5. The molecule has 14 heavy (non-hydrogen) atoms. The minimum atomic E-state index is -0.997. The Labute approximate surface area is 94.3 Å². The molecule has 74 valence electrons. The minimum absolute atomic E-state index is 0.319. The summed E-state index contributed by atoms with van der Waals surface area (Å²) in [4.78, 5) is 14.6. The van der Waals surface area contributed by atoms with Crippen molar-refractivity contribution in [2.45, 2.75) is 0 Å². The van der Waals surface area contributed by atoms with Crippen LogP contribution in [0.5, 0.6) is 0 Å². The lowest BCUT2D eigenvalue weighted by Crippen LogP contribution is -1.84. The predicted octanol–water partition coefficient (Wildman–Crippen LogP) is 3.10. The first-order valence-corrected chi connectivity index (χ1v) is 5.06. The summed E-state index contributed by atoms with van der Waals surface area (Å²) < 4.78 is 0.358. The number of rotatable bonds is 3. The monoisotopic (exact) mass is 249 g/mol. The van der Waals surface area contributed by atoms with E-state index in [9.17, 15) is 4.79 Å². The first-order chi connectivity index (χ1) is 6.59. The molecule has 1 rings (SSSR count). The third-order valence-corrected chi connectivity index (χ3v) is 2.71. The Bertz CT molecular complexity index is 398. The van der Waals surface area contributed by atoms with Crippen molar-refractivity contribution >= 4 is 46.6 Å². The first kappa shape index (κ1) is 11.2. The van der Waals surface area contributed by atoms with Crippen molar-refractivity contribution in [2.24, 2.45) is 0 Å². The van der Waals surface area contributed by atoms with Crippen molar-refractivity contribution in [3.05, 3.63) is 32.7 Å². The van der Waals surface area contributed by atoms with Gasteiger partial charge in [-0.05, 0) is 6.08 Å². The summed E-state index contributed by atoms with van der Waals surface area (Å²) in [6.07, 6.45) is 5.62. The van der Waals surface area contributed by atoms with Gasteiger partial charge in [-0.15, -0.1) is 11.3 Å². The molecule has 0 aliphatic rings. The summed E-state index contributed by atoms with van der Waals surface area (Å²) in [7, 11) is 0. The zero-order valence-corrected chi connectivity index (χ0v) is 9.10. The van der Waals surface area contributed by atoms with Gasteiger partial charge < -0.3 is 5.11 Å². The van der Waals surface area contributed by atoms with Gasteiger partial charge in [-0.2, -0.15) is 0 Å². The topological polar surface area (TPSA) is 50.2 Å². The Morgan fingerprint density at radius 2 is 2.14 bits per heavy atom. The minimum Gasteiger partial charge on any atom is -0.478 e. The predicted molar refractivity (Wildman–Crippen MR) is 57.9 cm³/mol. The van der Waals surface area contributed by atoms with Crippen molar-refractivity contribution < 1.29 is 9.90 Å². The lowest BCUT2D eigenvalue weighted by molar-refractivity contribution is -0.131. The van der Waals surface area contributed by atoms with Crippen LogP contribution in [0.3, 0.4) is 0 Å². The molecule has 0 radical (unpaired) electrons. The number of thiazole rings is 1. The lowest BCUT2D eigenvalue weighted by atomic mass is 10.4. The number of carboxylic acid groups (broad SMARTS) is 1. The van der Waals surface area contributed by atoms with Gasteiger partial charge in [-0.25, -0.2) is 9.78 Å². The van der Waals surface area contributed by atoms with Gasteiger partial charge in [0.1, 0.15) is 5.15 Å². The van der Waals surface area contributed by atoms with Gasteiger partial charge >= 0.3 is 5.97 Å². The van der Waals surface area contributed by atoms with Crippen LogP contribution in [0.1, 0.15) is 4.88 Å². The van der Waals surface area contributed by atoms with Crippen LogP contribution in [0.4, 0.5) is 0 Å². The Balaban J connectivity index is 2.69. The Kier molecular flexibility index (Phi) is 4.13. The zero-order chi connectivity index (χ0) is 10.6. The van der Waals surface area contributed by atoms with Crippen LogP contribution in [0, 0.1) is 0 Å². The Morgan fingerprint density at radius 1 is 1.43 bits per heavy atom. The molecule has 0 atom stereocenters. The van der Waals surface area contributed by atoms with Crippen molar-refractivity contribution in [1.82, 2.24) is 4.98 Å². The van der Waals surface area contributed by atoms with Crippen LogP contribution in [0.2, 0.25) is 9.62 Å². The van der Waals surface area contributed by atoms with E-state index in [1.807, 2.05) is 0 Å². The third-order valence-electron chi connectivity index (χ3n) is 1.18. The fourth-order valence-corrected chi connectivity index (χ4v) is 1.96. The fourth-order valence-electron chi connectivity index (χ4n) is 0.672. The number of allylic oxidation sites excluding steroid dienone is 2. The molecule has 3 nitrogen and oxygen atoms in total. The summed E-state index contributed by atoms with van der Waals surface area (Å²) in [6.45, 7) is 0. The molecule has 1 N–H and O–H groups in total. The summed E-state index contributed by atoms with van der Waals surface area (Å²) in [6, 6.07) is 0. The molecule has 0 bridgehead atoms. The van der Waals surface area contributed by atoms with Crippen molar-refractivity contribution in [1.29, 1.82) is 0 Å². The molecule has 0 aromatic carbocycles. The number of nitrogens with zero attached hydrogens (tertiary/aromatic N) is 1. The van der Waals surface area contributed by atoms with E-state index in [1.54, 1.807) is 12.2 Å². The van der Waals surface area contributed by atoms with Crippen molar-refractivity contribution in [2.75, 3.05) is 0 Å². The summed E-state index contributed by atoms with van der Waals surface area (Å²) in [5.41, 5.74) is 0. The molecule has 0 aliphatic heterocycles. The normalized spacial score (nSPS) is 11.6. The molecule has 0 saturated heterocycles. The van der Waals surface area contributed by atoms with Gasteiger partial charge in [-0.1, -0.05) is 35.4 Å². The van der Waals surface area contributed by atoms with Crippen LogP contribution in [0.15, 0.2) is 18.2 Å². The molecule has 6 heteroatoms. The van der Waals surface area contributed by atoms with Gasteiger partial charge in [0.25, 0.3) is 0 Å². The third kappa shape index (κ3) is 3.49. The van der Waals surface area contributed by atoms with Crippen LogP contribution in [0.25, 0.3) is 6.08 Å². The SMILES string of the molecule is O=C(O)/C=C/C=C/c1sc(Cl)nc1Cl. The van der Waals surface area contributed by atoms with Crippen LogP contribution in [-0.4, -0.2) is 16.1 Å². The van der Waals surface area contributed by atoms with Crippen LogP contribution in [-0.2, 0) is 4.79 Å². The van der Waals surface area contributed by atoms with Gasteiger partial charge in [0, 0.05) is 6.08 Å². The maximum absolute atomic E-state index is 10.1. The Morgan fingerprint density at radius 3 is 2.64 bits per heavy atom. The average molecular weight is 250 g/mol. The molecule has 0 amide bonds.